The summed E-state index contributed by atoms with van der Waals surface area (Å²) in [6.07, 6.45) is 13.8. The molecule has 0 unspecified atom stereocenters. The molecule has 0 saturated carbocycles. The van der Waals surface area contributed by atoms with Crippen molar-refractivity contribution in [2.75, 3.05) is 12.3 Å². The van der Waals surface area contributed by atoms with Crippen molar-refractivity contribution in [1.82, 2.24) is 0 Å². The van der Waals surface area contributed by atoms with Crippen LogP contribution in [0.4, 0.5) is 0 Å². The molecule has 16 heavy (non-hydrogen) atoms. The van der Waals surface area contributed by atoms with E-state index in [-0.39, 0.29) is 7.92 Å². The van der Waals surface area contributed by atoms with Crippen molar-refractivity contribution >= 4 is 14.6 Å². The Morgan fingerprint density at radius 2 is 1.62 bits per heavy atom. The highest BCUT2D eigenvalue weighted by molar-refractivity contribution is 7.60. The van der Waals surface area contributed by atoms with Crippen LogP contribution in [-0.4, -0.2) is 19.0 Å². The fraction of sp³-hybridized carbons (Fsp3) is 0.714. The van der Waals surface area contributed by atoms with E-state index < -0.39 is 0 Å². The van der Waals surface area contributed by atoms with Gasteiger partial charge in [-0.25, -0.2) is 0 Å². The molecule has 0 spiro atoms. The Bertz CT molecular complexity index is 209. The molecule has 0 nitrogen and oxygen atoms in total. The summed E-state index contributed by atoms with van der Waals surface area (Å²) in [4.78, 5) is 0. The summed E-state index contributed by atoms with van der Waals surface area (Å²) in [6, 6.07) is 0. The Morgan fingerprint density at radius 1 is 1.00 bits per heavy atom. The van der Waals surface area contributed by atoms with Crippen molar-refractivity contribution < 1.29 is 0 Å². The van der Waals surface area contributed by atoms with Crippen LogP contribution in [0.1, 0.15) is 25.7 Å². The highest BCUT2D eigenvalue weighted by Crippen LogP contribution is 2.48. The first-order valence-corrected chi connectivity index (χ1v) is 8.60. The van der Waals surface area contributed by atoms with E-state index >= 15 is 0 Å². The average molecular weight is 234 g/mol. The van der Waals surface area contributed by atoms with Gasteiger partial charge in [0.25, 0.3) is 0 Å². The second kappa shape index (κ2) is 6.06. The van der Waals surface area contributed by atoms with E-state index in [9.17, 15) is 0 Å². The summed E-state index contributed by atoms with van der Waals surface area (Å²) < 4.78 is 0. The van der Waals surface area contributed by atoms with Crippen LogP contribution in [0.25, 0.3) is 0 Å². The molecule has 0 aromatic heterocycles. The van der Waals surface area contributed by atoms with Gasteiger partial charge in [0.2, 0.25) is 0 Å². The Kier molecular flexibility index (Phi) is 4.71. The molecule has 0 N–H and O–H groups in total. The van der Waals surface area contributed by atoms with Gasteiger partial charge in [0.15, 0.2) is 0 Å². The van der Waals surface area contributed by atoms with Gasteiger partial charge in [-0.05, 0) is 18.2 Å². The first-order chi connectivity index (χ1) is 7.83. The lowest BCUT2D eigenvalue weighted by Crippen LogP contribution is -2.28. The van der Waals surface area contributed by atoms with Crippen molar-refractivity contribution in [2.45, 2.75) is 44.1 Å². The molecule has 0 radical (unpaired) electrons. The van der Waals surface area contributed by atoms with Crippen molar-refractivity contribution in [3.8, 4) is 0 Å². The van der Waals surface area contributed by atoms with Gasteiger partial charge in [-0.2, -0.15) is 0 Å². The van der Waals surface area contributed by atoms with Gasteiger partial charge in [0.05, 0.1) is 0 Å². The van der Waals surface area contributed by atoms with E-state index in [0.717, 1.165) is 18.4 Å². The van der Waals surface area contributed by atoms with E-state index in [0.29, 0.717) is 0 Å². The molecular formula is C14H24BP. The molecule has 0 bridgehead atoms. The molecule has 88 valence electrons. The number of allylic oxidation sites excluding steroid dienone is 1. The minimum absolute atomic E-state index is 0.219. The largest absolute Gasteiger partial charge is 0.143 e. The third-order valence-electron chi connectivity index (χ3n) is 4.65. The van der Waals surface area contributed by atoms with Gasteiger partial charge < -0.3 is 0 Å². The first-order valence-electron chi connectivity index (χ1n) is 6.82. The number of rotatable bonds is 3. The van der Waals surface area contributed by atoms with Gasteiger partial charge in [-0.15, -0.1) is 6.58 Å². The van der Waals surface area contributed by atoms with E-state index in [1.807, 2.05) is 0 Å². The van der Waals surface area contributed by atoms with Crippen LogP contribution in [-0.2, 0) is 0 Å². The maximum atomic E-state index is 3.96. The Hall–Kier alpha value is -0.0251. The summed E-state index contributed by atoms with van der Waals surface area (Å²) in [6.45, 7) is 8.94. The Morgan fingerprint density at radius 3 is 2.12 bits per heavy atom. The van der Waals surface area contributed by atoms with Crippen LogP contribution < -0.4 is 0 Å². The minimum Gasteiger partial charge on any atom is -0.103 e. The highest BCUT2D eigenvalue weighted by Gasteiger charge is 2.31. The number of hydrogen-bond acceptors (Lipinski definition) is 0. The molecule has 0 amide bonds. The molecule has 2 rings (SSSR count). The maximum absolute atomic E-state index is 3.96. The summed E-state index contributed by atoms with van der Waals surface area (Å²) in [5.41, 5.74) is 0. The Labute approximate surface area is 102 Å². The van der Waals surface area contributed by atoms with E-state index in [2.05, 4.69) is 25.1 Å². The smallest absolute Gasteiger partial charge is 0.103 e. The zero-order valence-electron chi connectivity index (χ0n) is 10.4. The summed E-state index contributed by atoms with van der Waals surface area (Å²) >= 11 is 0. The lowest BCUT2D eigenvalue weighted by Gasteiger charge is -2.35. The van der Waals surface area contributed by atoms with E-state index in [1.54, 1.807) is 0 Å². The fourth-order valence-corrected chi connectivity index (χ4v) is 5.34. The first kappa shape index (κ1) is 12.4. The van der Waals surface area contributed by atoms with Crippen LogP contribution in [0.5, 0.6) is 0 Å². The zero-order chi connectivity index (χ0) is 11.4. The third kappa shape index (κ3) is 3.01. The second-order valence-electron chi connectivity index (χ2n) is 5.47. The molecule has 0 aromatic rings. The quantitative estimate of drug-likeness (QED) is 0.371. The van der Waals surface area contributed by atoms with Crippen molar-refractivity contribution in [2.24, 2.45) is 5.92 Å². The van der Waals surface area contributed by atoms with Gasteiger partial charge in [-0.1, -0.05) is 70.5 Å². The molecule has 0 aromatic carbocycles. The predicted octanol–water partition coefficient (Wildman–Crippen LogP) is 4.87. The molecule has 0 aliphatic carbocycles. The van der Waals surface area contributed by atoms with Crippen LogP contribution in [0.2, 0.25) is 18.5 Å². The van der Waals surface area contributed by atoms with Crippen LogP contribution in [0.15, 0.2) is 25.1 Å². The summed E-state index contributed by atoms with van der Waals surface area (Å²) in [5, 5.41) is 0. The fourth-order valence-electron chi connectivity index (χ4n) is 3.43. The number of hydrogen-bond donors (Lipinski definition) is 0. The van der Waals surface area contributed by atoms with Crippen LogP contribution in [0.3, 0.4) is 0 Å². The van der Waals surface area contributed by atoms with Crippen LogP contribution in [0, 0.1) is 5.92 Å². The molecular weight excluding hydrogens is 210 g/mol. The van der Waals surface area contributed by atoms with Crippen molar-refractivity contribution in [3.05, 3.63) is 25.1 Å². The Balaban J connectivity index is 1.77. The van der Waals surface area contributed by atoms with Crippen LogP contribution >= 0.6 is 7.92 Å². The molecule has 2 aliphatic rings. The van der Waals surface area contributed by atoms with Gasteiger partial charge >= 0.3 is 0 Å². The zero-order valence-corrected chi connectivity index (χ0v) is 11.3. The average Bonchev–Trinajstić information content (AvgIpc) is 2.39. The standard InChI is InChI=1S/C14H24BP/c1-3-13-5-9-15(10-6-13)14-7-11-16(4-2)12-8-14/h3-4,13-14H,1-2,5-12H2. The lowest BCUT2D eigenvalue weighted by atomic mass is 9.33. The van der Waals surface area contributed by atoms with Gasteiger partial charge in [0, 0.05) is 0 Å². The normalized spacial score (nSPS) is 32.4. The van der Waals surface area contributed by atoms with Gasteiger partial charge in [-0.3, -0.25) is 0 Å². The topological polar surface area (TPSA) is 0 Å². The van der Waals surface area contributed by atoms with Gasteiger partial charge in [0.1, 0.15) is 6.71 Å². The minimum atomic E-state index is 0.219. The van der Waals surface area contributed by atoms with E-state index in [4.69, 9.17) is 0 Å². The molecule has 2 aliphatic heterocycles. The second-order valence-corrected chi connectivity index (χ2v) is 7.90. The van der Waals surface area contributed by atoms with E-state index in [1.165, 1.54) is 50.6 Å². The van der Waals surface area contributed by atoms with Crippen molar-refractivity contribution in [1.29, 1.82) is 0 Å². The van der Waals surface area contributed by atoms with Crippen molar-refractivity contribution in [3.63, 3.8) is 0 Å². The lowest BCUT2D eigenvalue weighted by molar-refractivity contribution is 0.561. The third-order valence-corrected chi connectivity index (χ3v) is 6.83. The maximum Gasteiger partial charge on any atom is 0.143 e. The summed E-state index contributed by atoms with van der Waals surface area (Å²) in [5.74, 6) is 4.11. The molecule has 2 saturated heterocycles. The predicted molar refractivity (Wildman–Crippen MR) is 78.1 cm³/mol. The molecule has 2 fully saturated rings. The highest BCUT2D eigenvalue weighted by atomic mass is 31.1. The summed E-state index contributed by atoms with van der Waals surface area (Å²) in [7, 11) is 0.219. The monoisotopic (exact) mass is 234 g/mol. The molecule has 2 heterocycles. The molecule has 0 atom stereocenters. The SMILES string of the molecule is C=CC1CCB(C2CCP(C=C)CC2)CC1. The molecule has 2 heteroatoms.